The van der Waals surface area contributed by atoms with Crippen molar-refractivity contribution in [1.82, 2.24) is 0 Å². The second kappa shape index (κ2) is 57.5. The van der Waals surface area contributed by atoms with E-state index in [1.807, 2.05) is 0 Å². The van der Waals surface area contributed by atoms with Crippen molar-refractivity contribution in [2.24, 2.45) is 0 Å². The summed E-state index contributed by atoms with van der Waals surface area (Å²) in [5.41, 5.74) is 0. The van der Waals surface area contributed by atoms with E-state index in [2.05, 4.69) is 45.1 Å². The Morgan fingerprint density at radius 2 is 0.485 bits per heavy atom. The van der Waals surface area contributed by atoms with Crippen LogP contribution in [0.1, 0.15) is 335 Å². The summed E-state index contributed by atoms with van der Waals surface area (Å²) < 4.78 is 16.9. The van der Waals surface area contributed by atoms with Crippen LogP contribution in [0.3, 0.4) is 0 Å². The molecule has 68 heavy (non-hydrogen) atoms. The molecule has 0 saturated carbocycles. The van der Waals surface area contributed by atoms with Gasteiger partial charge in [-0.2, -0.15) is 0 Å². The molecule has 0 radical (unpaired) electrons. The van der Waals surface area contributed by atoms with Gasteiger partial charge >= 0.3 is 17.9 Å². The van der Waals surface area contributed by atoms with E-state index < -0.39 is 6.10 Å². The van der Waals surface area contributed by atoms with Crippen LogP contribution in [0.5, 0.6) is 0 Å². The van der Waals surface area contributed by atoms with Crippen molar-refractivity contribution in [1.29, 1.82) is 0 Å². The van der Waals surface area contributed by atoms with Crippen LogP contribution < -0.4 is 0 Å². The largest absolute Gasteiger partial charge is 0.462 e. The van der Waals surface area contributed by atoms with Crippen molar-refractivity contribution in [2.45, 2.75) is 341 Å². The first kappa shape index (κ1) is 65.9. The molecule has 0 unspecified atom stereocenters. The van der Waals surface area contributed by atoms with Gasteiger partial charge < -0.3 is 14.2 Å². The SMILES string of the molecule is CCCCCCCC/C=C\CCCCCCCCCCCC(=O)OCC(COC(=O)CCCCCCCCCCC/C=C\CCCCCCCC)OC(=O)CCCCCCCCCCCCCC. The highest BCUT2D eigenvalue weighted by atomic mass is 16.6. The van der Waals surface area contributed by atoms with Crippen LogP contribution in [-0.4, -0.2) is 37.2 Å². The molecule has 0 saturated heterocycles. The minimum Gasteiger partial charge on any atom is -0.462 e. The second-order valence-corrected chi connectivity index (χ2v) is 20.6. The second-order valence-electron chi connectivity index (χ2n) is 20.6. The molecule has 0 atom stereocenters. The molecule has 6 nitrogen and oxygen atoms in total. The van der Waals surface area contributed by atoms with Crippen LogP contribution in [-0.2, 0) is 28.6 Å². The van der Waals surface area contributed by atoms with Gasteiger partial charge in [0.05, 0.1) is 0 Å². The first-order valence-electron chi connectivity index (χ1n) is 30.3. The van der Waals surface area contributed by atoms with E-state index in [4.69, 9.17) is 14.2 Å². The fourth-order valence-electron chi connectivity index (χ4n) is 9.08. The van der Waals surface area contributed by atoms with Crippen LogP contribution in [0.2, 0.25) is 0 Å². The highest BCUT2D eigenvalue weighted by Crippen LogP contribution is 2.17. The zero-order valence-corrected chi connectivity index (χ0v) is 45.9. The van der Waals surface area contributed by atoms with Crippen molar-refractivity contribution in [3.05, 3.63) is 24.3 Å². The van der Waals surface area contributed by atoms with Crippen LogP contribution >= 0.6 is 0 Å². The normalized spacial score (nSPS) is 11.7. The molecular formula is C62H116O6. The summed E-state index contributed by atoms with van der Waals surface area (Å²) >= 11 is 0. The van der Waals surface area contributed by atoms with Gasteiger partial charge in [-0.05, 0) is 70.6 Å². The first-order valence-corrected chi connectivity index (χ1v) is 30.3. The van der Waals surface area contributed by atoms with Gasteiger partial charge in [0.1, 0.15) is 13.2 Å². The number of hydrogen-bond donors (Lipinski definition) is 0. The van der Waals surface area contributed by atoms with Gasteiger partial charge in [0.2, 0.25) is 0 Å². The Kier molecular flexibility index (Phi) is 55.7. The molecule has 0 N–H and O–H groups in total. The number of carbonyl (C=O) groups is 3. The molecule has 0 aromatic carbocycles. The molecule has 0 heterocycles. The van der Waals surface area contributed by atoms with Gasteiger partial charge in [-0.3, -0.25) is 14.4 Å². The lowest BCUT2D eigenvalue weighted by atomic mass is 10.0. The summed E-state index contributed by atoms with van der Waals surface area (Å²) in [5, 5.41) is 0. The third kappa shape index (κ3) is 54.8. The van der Waals surface area contributed by atoms with Crippen molar-refractivity contribution >= 4 is 17.9 Å². The van der Waals surface area contributed by atoms with Gasteiger partial charge in [0.15, 0.2) is 6.10 Å². The summed E-state index contributed by atoms with van der Waals surface area (Å²) in [6, 6.07) is 0. The third-order valence-corrected chi connectivity index (χ3v) is 13.7. The predicted molar refractivity (Wildman–Crippen MR) is 293 cm³/mol. The Morgan fingerprint density at radius 3 is 0.735 bits per heavy atom. The molecule has 0 aliphatic rings. The van der Waals surface area contributed by atoms with Gasteiger partial charge in [0.25, 0.3) is 0 Å². The Hall–Kier alpha value is -2.11. The number of ether oxygens (including phenoxy) is 3. The van der Waals surface area contributed by atoms with Gasteiger partial charge in [-0.15, -0.1) is 0 Å². The van der Waals surface area contributed by atoms with Crippen LogP contribution in [0.4, 0.5) is 0 Å². The summed E-state index contributed by atoms with van der Waals surface area (Å²) in [6.45, 7) is 6.68. The first-order chi connectivity index (χ1) is 33.5. The molecule has 6 heteroatoms. The molecule has 0 aliphatic carbocycles. The quantitative estimate of drug-likeness (QED) is 0.0262. The summed E-state index contributed by atoms with van der Waals surface area (Å²) in [6.07, 6.45) is 67.4. The lowest BCUT2D eigenvalue weighted by Gasteiger charge is -2.18. The number of esters is 3. The highest BCUT2D eigenvalue weighted by molar-refractivity contribution is 5.71. The minimum absolute atomic E-state index is 0.0683. The standard InChI is InChI=1S/C62H116O6/c1-4-7-10-13-16-19-22-25-27-29-31-33-35-37-40-42-45-48-51-54-60(63)66-57-59(68-62(65)56-53-50-47-44-39-24-21-18-15-12-9-6-3)58-67-61(64)55-52-49-46-43-41-38-36-34-32-30-28-26-23-20-17-14-11-8-5-2/h25-28,59H,4-24,29-58H2,1-3H3/b27-25-,28-26-. The van der Waals surface area contributed by atoms with Crippen LogP contribution in [0.25, 0.3) is 0 Å². The van der Waals surface area contributed by atoms with Crippen molar-refractivity contribution in [2.75, 3.05) is 13.2 Å². The molecule has 0 aromatic heterocycles. The number of hydrogen-bond acceptors (Lipinski definition) is 6. The zero-order valence-electron chi connectivity index (χ0n) is 45.9. The fraction of sp³-hybridized carbons (Fsp3) is 0.887. The van der Waals surface area contributed by atoms with E-state index in [1.54, 1.807) is 0 Å². The maximum absolute atomic E-state index is 12.8. The van der Waals surface area contributed by atoms with Crippen LogP contribution in [0, 0.1) is 0 Å². The predicted octanol–water partition coefficient (Wildman–Crippen LogP) is 20.3. The Labute approximate surface area is 423 Å². The summed E-state index contributed by atoms with van der Waals surface area (Å²) in [7, 11) is 0. The van der Waals surface area contributed by atoms with Crippen LogP contribution in [0.15, 0.2) is 24.3 Å². The van der Waals surface area contributed by atoms with E-state index >= 15 is 0 Å². The number of unbranched alkanes of at least 4 members (excludes halogenated alkanes) is 41. The topological polar surface area (TPSA) is 78.9 Å². The molecule has 400 valence electrons. The van der Waals surface area contributed by atoms with E-state index in [0.717, 1.165) is 57.8 Å². The smallest absolute Gasteiger partial charge is 0.306 e. The number of allylic oxidation sites excluding steroid dienone is 4. The number of carbonyl (C=O) groups excluding carboxylic acids is 3. The lowest BCUT2D eigenvalue weighted by Crippen LogP contribution is -2.30. The Balaban J connectivity index is 4.27. The van der Waals surface area contributed by atoms with Gasteiger partial charge in [0, 0.05) is 19.3 Å². The number of rotatable bonds is 56. The van der Waals surface area contributed by atoms with Gasteiger partial charge in [-0.25, -0.2) is 0 Å². The summed E-state index contributed by atoms with van der Waals surface area (Å²) in [5.74, 6) is -0.850. The molecule has 0 rings (SSSR count). The molecule has 0 aromatic rings. The minimum atomic E-state index is -0.769. The van der Waals surface area contributed by atoms with Crippen molar-refractivity contribution < 1.29 is 28.6 Å². The van der Waals surface area contributed by atoms with Gasteiger partial charge in [-0.1, -0.05) is 270 Å². The lowest BCUT2D eigenvalue weighted by molar-refractivity contribution is -0.167. The Bertz CT molecular complexity index is 1030. The molecule has 0 amide bonds. The Morgan fingerprint density at radius 1 is 0.279 bits per heavy atom. The fourth-order valence-corrected chi connectivity index (χ4v) is 9.08. The van der Waals surface area contributed by atoms with E-state index in [9.17, 15) is 14.4 Å². The monoisotopic (exact) mass is 957 g/mol. The molecular weight excluding hydrogens is 841 g/mol. The van der Waals surface area contributed by atoms with E-state index in [1.165, 1.54) is 238 Å². The maximum Gasteiger partial charge on any atom is 0.306 e. The zero-order chi connectivity index (χ0) is 49.3. The highest BCUT2D eigenvalue weighted by Gasteiger charge is 2.19. The average Bonchev–Trinajstić information content (AvgIpc) is 3.34. The maximum atomic E-state index is 12.8. The molecule has 0 aliphatic heterocycles. The van der Waals surface area contributed by atoms with Crippen molar-refractivity contribution in [3.63, 3.8) is 0 Å². The van der Waals surface area contributed by atoms with E-state index in [-0.39, 0.29) is 31.1 Å². The molecule has 0 fully saturated rings. The van der Waals surface area contributed by atoms with Crippen molar-refractivity contribution in [3.8, 4) is 0 Å². The summed E-state index contributed by atoms with van der Waals surface area (Å²) in [4.78, 5) is 38.2. The molecule has 0 spiro atoms. The molecule has 0 bridgehead atoms. The van der Waals surface area contributed by atoms with E-state index in [0.29, 0.717) is 19.3 Å². The third-order valence-electron chi connectivity index (χ3n) is 13.7. The average molecular weight is 958 g/mol.